The lowest BCUT2D eigenvalue weighted by Crippen LogP contribution is -2.66. The molecule has 0 heterocycles. The highest BCUT2D eigenvalue weighted by molar-refractivity contribution is 6.99. The zero-order chi connectivity index (χ0) is 29.2. The van der Waals surface area contributed by atoms with Crippen LogP contribution >= 0.6 is 0 Å². The molecule has 0 unspecified atom stereocenters. The second kappa shape index (κ2) is 14.1. The van der Waals surface area contributed by atoms with Crippen molar-refractivity contribution < 1.29 is 38.1 Å². The molecule has 0 saturated heterocycles. The van der Waals surface area contributed by atoms with E-state index in [4.69, 9.17) is 18.6 Å². The molecule has 4 atom stereocenters. The van der Waals surface area contributed by atoms with Crippen molar-refractivity contribution in [1.29, 1.82) is 0 Å². The van der Waals surface area contributed by atoms with Crippen molar-refractivity contribution >= 4 is 36.6 Å². The first-order valence-corrected chi connectivity index (χ1v) is 14.6. The van der Waals surface area contributed by atoms with Gasteiger partial charge in [-0.1, -0.05) is 93.3 Å². The number of carbonyl (C=O) groups is 3. The van der Waals surface area contributed by atoms with E-state index in [1.165, 1.54) is 13.8 Å². The van der Waals surface area contributed by atoms with Gasteiger partial charge in [0.25, 0.3) is 8.32 Å². The highest BCUT2D eigenvalue weighted by Crippen LogP contribution is 2.36. The highest BCUT2D eigenvalue weighted by Gasteiger charge is 2.50. The lowest BCUT2D eigenvalue weighted by atomic mass is 10.0. The van der Waals surface area contributed by atoms with Crippen LogP contribution < -0.4 is 10.4 Å². The second-order valence-corrected chi connectivity index (χ2v) is 14.5. The van der Waals surface area contributed by atoms with Crippen molar-refractivity contribution in [2.45, 2.75) is 77.9 Å². The first-order chi connectivity index (χ1) is 18.3. The Morgan fingerprint density at radius 3 is 1.64 bits per heavy atom. The minimum atomic E-state index is -2.85. The van der Waals surface area contributed by atoms with Gasteiger partial charge in [-0.3, -0.25) is 14.4 Å². The van der Waals surface area contributed by atoms with Crippen molar-refractivity contribution in [1.82, 2.24) is 0 Å². The van der Waals surface area contributed by atoms with Crippen molar-refractivity contribution in [3.05, 3.63) is 60.7 Å². The summed E-state index contributed by atoms with van der Waals surface area (Å²) in [5.41, 5.74) is 0. The van der Waals surface area contributed by atoms with Gasteiger partial charge in [0.15, 0.2) is 18.3 Å². The lowest BCUT2D eigenvalue weighted by Gasteiger charge is -2.42. The number of benzene rings is 2. The van der Waals surface area contributed by atoms with E-state index in [0.717, 1.165) is 24.2 Å². The Labute approximate surface area is 231 Å². The molecule has 0 saturated carbocycles. The third-order valence-electron chi connectivity index (χ3n) is 6.08. The molecule has 0 spiro atoms. The molecule has 0 fully saturated rings. The summed E-state index contributed by atoms with van der Waals surface area (Å²) in [6.07, 6.45) is -5.25. The third-order valence-corrected chi connectivity index (χ3v) is 11.1. The van der Waals surface area contributed by atoms with E-state index in [9.17, 15) is 19.5 Å². The van der Waals surface area contributed by atoms with E-state index in [0.29, 0.717) is 0 Å². The van der Waals surface area contributed by atoms with Crippen molar-refractivity contribution in [2.24, 2.45) is 0 Å². The smallest absolute Gasteiger partial charge is 0.303 e. The molecule has 0 aromatic heterocycles. The van der Waals surface area contributed by atoms with Gasteiger partial charge in [-0.15, -0.1) is 0 Å². The van der Waals surface area contributed by atoms with Gasteiger partial charge in [0, 0.05) is 20.8 Å². The Kier molecular flexibility index (Phi) is 11.5. The first-order valence-electron chi connectivity index (χ1n) is 12.7. The van der Waals surface area contributed by atoms with Crippen LogP contribution in [0.1, 0.15) is 48.5 Å². The Morgan fingerprint density at radius 1 is 0.795 bits per heavy atom. The molecule has 0 aliphatic rings. The molecular formula is C30H38O8Si. The van der Waals surface area contributed by atoms with E-state index >= 15 is 0 Å². The predicted molar refractivity (Wildman–Crippen MR) is 150 cm³/mol. The van der Waals surface area contributed by atoms with Crippen molar-refractivity contribution in [3.8, 4) is 11.8 Å². The van der Waals surface area contributed by atoms with Gasteiger partial charge in [-0.2, -0.15) is 0 Å². The number of rotatable bonds is 10. The molecule has 2 aromatic carbocycles. The topological polar surface area (TPSA) is 108 Å². The van der Waals surface area contributed by atoms with Crippen molar-refractivity contribution in [2.75, 3.05) is 6.61 Å². The van der Waals surface area contributed by atoms with Gasteiger partial charge in [0.1, 0.15) is 6.10 Å². The van der Waals surface area contributed by atoms with Gasteiger partial charge in [-0.05, 0) is 22.3 Å². The van der Waals surface area contributed by atoms with Crippen LogP contribution in [0.4, 0.5) is 0 Å². The highest BCUT2D eigenvalue weighted by atomic mass is 28.4. The second-order valence-electron chi connectivity index (χ2n) is 10.2. The Morgan fingerprint density at radius 2 is 1.23 bits per heavy atom. The summed E-state index contributed by atoms with van der Waals surface area (Å²) >= 11 is 0. The zero-order valence-corrected chi connectivity index (χ0v) is 24.6. The van der Waals surface area contributed by atoms with Gasteiger partial charge in [0.2, 0.25) is 0 Å². The van der Waals surface area contributed by atoms with Crippen LogP contribution in [0.2, 0.25) is 5.04 Å². The molecule has 2 aromatic rings. The van der Waals surface area contributed by atoms with Crippen LogP contribution in [0.15, 0.2) is 60.7 Å². The number of aliphatic hydroxyl groups is 1. The quantitative estimate of drug-likeness (QED) is 0.207. The van der Waals surface area contributed by atoms with Gasteiger partial charge < -0.3 is 23.7 Å². The third kappa shape index (κ3) is 8.52. The van der Waals surface area contributed by atoms with Crippen LogP contribution in [0.5, 0.6) is 0 Å². The summed E-state index contributed by atoms with van der Waals surface area (Å²) < 4.78 is 22.4. The maximum absolute atomic E-state index is 11.8. The van der Waals surface area contributed by atoms with Gasteiger partial charge >= 0.3 is 17.9 Å². The molecule has 0 aliphatic carbocycles. The lowest BCUT2D eigenvalue weighted by molar-refractivity contribution is -0.187. The summed E-state index contributed by atoms with van der Waals surface area (Å²) in [5.74, 6) is 3.48. The van der Waals surface area contributed by atoms with E-state index in [1.807, 2.05) is 36.4 Å². The Bertz CT molecular complexity index is 1120. The molecule has 2 rings (SSSR count). The standard InChI is InChI=1S/C30H38O8Si/c1-21(36-22(2)31)28(37-23(3)32)29(38-24(4)33)27(34)19-14-20-35-39(30(5,6)7,25-15-10-8-11-16-25)26-17-12-9-13-18-26/h8-13,15-18,21,27-29,34H,20H2,1-7H3/t21-,27-,28-,29-/m0/s1. The summed E-state index contributed by atoms with van der Waals surface area (Å²) in [6, 6.07) is 20.1. The molecule has 210 valence electrons. The fourth-order valence-corrected chi connectivity index (χ4v) is 9.03. The van der Waals surface area contributed by atoms with Crippen LogP contribution in [0.25, 0.3) is 0 Å². The minimum Gasteiger partial charge on any atom is -0.459 e. The van der Waals surface area contributed by atoms with E-state index in [-0.39, 0.29) is 11.6 Å². The van der Waals surface area contributed by atoms with Crippen molar-refractivity contribution in [3.63, 3.8) is 0 Å². The molecule has 8 nitrogen and oxygen atoms in total. The zero-order valence-electron chi connectivity index (χ0n) is 23.6. The summed E-state index contributed by atoms with van der Waals surface area (Å²) in [4.78, 5) is 35.1. The average molecular weight is 555 g/mol. The van der Waals surface area contributed by atoms with Crippen LogP contribution in [0, 0.1) is 11.8 Å². The predicted octanol–water partition coefficient (Wildman–Crippen LogP) is 2.74. The fourth-order valence-electron chi connectivity index (χ4n) is 4.59. The number of carbonyl (C=O) groups excluding carboxylic acids is 3. The molecule has 0 radical (unpaired) electrons. The Balaban J connectivity index is 2.42. The molecule has 39 heavy (non-hydrogen) atoms. The number of ether oxygens (including phenoxy) is 3. The molecule has 0 aliphatic heterocycles. The minimum absolute atomic E-state index is 0.0190. The maximum atomic E-state index is 11.8. The largest absolute Gasteiger partial charge is 0.459 e. The summed E-state index contributed by atoms with van der Waals surface area (Å²) in [6.45, 7) is 11.4. The first kappa shape index (κ1) is 31.8. The number of esters is 3. The summed E-state index contributed by atoms with van der Waals surface area (Å²) in [5, 5.41) is 12.8. The normalized spacial score (nSPS) is 14.6. The monoisotopic (exact) mass is 554 g/mol. The van der Waals surface area contributed by atoms with E-state index < -0.39 is 50.6 Å². The average Bonchev–Trinajstić information content (AvgIpc) is 2.85. The number of hydrogen-bond acceptors (Lipinski definition) is 8. The Hall–Kier alpha value is -3.45. The molecule has 9 heteroatoms. The SMILES string of the molecule is CC(=O)O[C@H]([C@@H](OC(C)=O)[C@@H](O)C#CCO[Si](c1ccccc1)(c1ccccc1)C(C)(C)C)[C@H](C)OC(C)=O. The van der Waals surface area contributed by atoms with Crippen LogP contribution in [0.3, 0.4) is 0 Å². The fraction of sp³-hybridized carbons (Fsp3) is 0.433. The number of aliphatic hydroxyl groups excluding tert-OH is 1. The molecule has 1 N–H and O–H groups in total. The van der Waals surface area contributed by atoms with E-state index in [1.54, 1.807) is 0 Å². The molecule has 0 bridgehead atoms. The molecule has 0 amide bonds. The van der Waals surface area contributed by atoms with Gasteiger partial charge in [0.05, 0.1) is 6.61 Å². The number of hydrogen-bond donors (Lipinski definition) is 1. The summed E-state index contributed by atoms with van der Waals surface area (Å²) in [7, 11) is -2.85. The van der Waals surface area contributed by atoms with Crippen LogP contribution in [-0.2, 0) is 33.0 Å². The van der Waals surface area contributed by atoms with Crippen LogP contribution in [-0.4, -0.2) is 62.4 Å². The van der Waals surface area contributed by atoms with E-state index in [2.05, 4.69) is 56.9 Å². The van der Waals surface area contributed by atoms with Gasteiger partial charge in [-0.25, -0.2) is 0 Å². The molecular weight excluding hydrogens is 516 g/mol. The maximum Gasteiger partial charge on any atom is 0.303 e.